The molecule has 1 N–H and O–H groups in total. The molecule has 1 aromatic carbocycles. The summed E-state index contributed by atoms with van der Waals surface area (Å²) in [7, 11) is 0. The van der Waals surface area contributed by atoms with Gasteiger partial charge in [0.05, 0.1) is 5.69 Å². The summed E-state index contributed by atoms with van der Waals surface area (Å²) in [4.78, 5) is 16.6. The number of hydrogen-bond acceptors (Lipinski definition) is 3. The van der Waals surface area contributed by atoms with E-state index in [4.69, 9.17) is 11.6 Å². The van der Waals surface area contributed by atoms with Crippen molar-refractivity contribution in [2.75, 3.05) is 5.32 Å². The van der Waals surface area contributed by atoms with Gasteiger partial charge in [-0.2, -0.15) is 0 Å². The van der Waals surface area contributed by atoms with Crippen LogP contribution in [0.1, 0.15) is 29.9 Å². The Morgan fingerprint density at radius 3 is 2.47 bits per heavy atom. The van der Waals surface area contributed by atoms with Crippen LogP contribution in [0.4, 0.5) is 5.69 Å². The SMILES string of the molecule is CC(C)Nc1ccc(Cl)nc1C(=O)c1ccccc1. The smallest absolute Gasteiger partial charge is 0.213 e. The number of ketones is 1. The molecule has 2 rings (SSSR count). The molecule has 0 saturated heterocycles. The second kappa shape index (κ2) is 5.85. The fourth-order valence-corrected chi connectivity index (χ4v) is 1.91. The molecular formula is C15H15ClN2O. The summed E-state index contributed by atoms with van der Waals surface area (Å²) in [5.41, 5.74) is 1.66. The van der Waals surface area contributed by atoms with Crippen LogP contribution in [0.5, 0.6) is 0 Å². The maximum Gasteiger partial charge on any atom is 0.213 e. The molecule has 0 radical (unpaired) electrons. The van der Waals surface area contributed by atoms with Crippen LogP contribution in [0.25, 0.3) is 0 Å². The Hall–Kier alpha value is -1.87. The predicted octanol–water partition coefficient (Wildman–Crippen LogP) is 3.79. The number of hydrogen-bond donors (Lipinski definition) is 1. The van der Waals surface area contributed by atoms with Crippen LogP contribution in [0.3, 0.4) is 0 Å². The van der Waals surface area contributed by atoms with E-state index in [1.54, 1.807) is 24.3 Å². The molecule has 3 nitrogen and oxygen atoms in total. The van der Waals surface area contributed by atoms with Gasteiger partial charge in [-0.05, 0) is 26.0 Å². The van der Waals surface area contributed by atoms with Gasteiger partial charge in [-0.3, -0.25) is 4.79 Å². The van der Waals surface area contributed by atoms with Crippen molar-refractivity contribution in [3.8, 4) is 0 Å². The molecular weight excluding hydrogens is 260 g/mol. The molecule has 0 aliphatic carbocycles. The van der Waals surface area contributed by atoms with Gasteiger partial charge in [-0.15, -0.1) is 0 Å². The third-order valence-corrected chi connectivity index (χ3v) is 2.77. The third kappa shape index (κ3) is 3.32. The van der Waals surface area contributed by atoms with Crippen molar-refractivity contribution in [1.29, 1.82) is 0 Å². The van der Waals surface area contributed by atoms with Crippen molar-refractivity contribution in [2.45, 2.75) is 19.9 Å². The van der Waals surface area contributed by atoms with E-state index in [0.717, 1.165) is 0 Å². The molecule has 0 saturated carbocycles. The number of carbonyl (C=O) groups is 1. The molecule has 1 heterocycles. The van der Waals surface area contributed by atoms with Gasteiger partial charge < -0.3 is 5.32 Å². The summed E-state index contributed by atoms with van der Waals surface area (Å²) in [6.45, 7) is 4.01. The number of rotatable bonds is 4. The Bertz CT molecular complexity index is 582. The standard InChI is InChI=1S/C15H15ClN2O/c1-10(2)17-12-8-9-13(16)18-14(12)15(19)11-6-4-3-5-7-11/h3-10,17H,1-2H3. The molecule has 0 bridgehead atoms. The Kier molecular flexibility index (Phi) is 4.17. The van der Waals surface area contributed by atoms with Gasteiger partial charge in [0.1, 0.15) is 10.8 Å². The van der Waals surface area contributed by atoms with Gasteiger partial charge in [0.2, 0.25) is 5.78 Å². The third-order valence-electron chi connectivity index (χ3n) is 2.56. The van der Waals surface area contributed by atoms with E-state index < -0.39 is 0 Å². The zero-order valence-corrected chi connectivity index (χ0v) is 11.6. The number of anilines is 1. The minimum atomic E-state index is -0.133. The number of carbonyl (C=O) groups excluding carboxylic acids is 1. The lowest BCUT2D eigenvalue weighted by Gasteiger charge is -2.13. The lowest BCUT2D eigenvalue weighted by Crippen LogP contribution is -2.15. The Labute approximate surface area is 117 Å². The zero-order chi connectivity index (χ0) is 13.8. The summed E-state index contributed by atoms with van der Waals surface area (Å²) in [5, 5.41) is 3.52. The molecule has 0 spiro atoms. The van der Waals surface area contributed by atoms with Crippen molar-refractivity contribution in [2.24, 2.45) is 0 Å². The van der Waals surface area contributed by atoms with Crippen LogP contribution in [0, 0.1) is 0 Å². The second-order valence-corrected chi connectivity index (χ2v) is 4.91. The van der Waals surface area contributed by atoms with Gasteiger partial charge in [-0.25, -0.2) is 4.98 Å². The van der Waals surface area contributed by atoms with Crippen LogP contribution in [-0.2, 0) is 0 Å². The monoisotopic (exact) mass is 274 g/mol. The van der Waals surface area contributed by atoms with E-state index in [1.807, 2.05) is 32.0 Å². The number of halogens is 1. The highest BCUT2D eigenvalue weighted by molar-refractivity contribution is 6.29. The van der Waals surface area contributed by atoms with Crippen LogP contribution < -0.4 is 5.32 Å². The molecule has 19 heavy (non-hydrogen) atoms. The van der Waals surface area contributed by atoms with Crippen molar-refractivity contribution >= 4 is 23.1 Å². The highest BCUT2D eigenvalue weighted by Gasteiger charge is 2.16. The van der Waals surface area contributed by atoms with Crippen molar-refractivity contribution in [3.63, 3.8) is 0 Å². The molecule has 0 aliphatic rings. The molecule has 0 unspecified atom stereocenters. The second-order valence-electron chi connectivity index (χ2n) is 4.52. The molecule has 0 fully saturated rings. The molecule has 0 atom stereocenters. The molecule has 0 amide bonds. The van der Waals surface area contributed by atoms with E-state index in [9.17, 15) is 4.79 Å². The van der Waals surface area contributed by atoms with Gasteiger partial charge in [-0.1, -0.05) is 41.9 Å². The fraction of sp³-hybridized carbons (Fsp3) is 0.200. The van der Waals surface area contributed by atoms with Crippen molar-refractivity contribution in [1.82, 2.24) is 4.98 Å². The number of benzene rings is 1. The van der Waals surface area contributed by atoms with Gasteiger partial charge in [0.25, 0.3) is 0 Å². The topological polar surface area (TPSA) is 42.0 Å². The van der Waals surface area contributed by atoms with Crippen LogP contribution in [-0.4, -0.2) is 16.8 Å². The van der Waals surface area contributed by atoms with Crippen LogP contribution in [0.2, 0.25) is 5.15 Å². The highest BCUT2D eigenvalue weighted by Crippen LogP contribution is 2.21. The largest absolute Gasteiger partial charge is 0.381 e. The molecule has 2 aromatic rings. The van der Waals surface area contributed by atoms with Crippen molar-refractivity contribution in [3.05, 3.63) is 58.9 Å². The molecule has 0 aliphatic heterocycles. The summed E-state index contributed by atoms with van der Waals surface area (Å²) >= 11 is 5.89. The van der Waals surface area contributed by atoms with Crippen LogP contribution >= 0.6 is 11.6 Å². The average Bonchev–Trinajstić information content (AvgIpc) is 2.40. The maximum absolute atomic E-state index is 12.4. The minimum Gasteiger partial charge on any atom is -0.381 e. The first kappa shape index (κ1) is 13.6. The Morgan fingerprint density at radius 1 is 1.16 bits per heavy atom. The maximum atomic E-state index is 12.4. The summed E-state index contributed by atoms with van der Waals surface area (Å²) < 4.78 is 0. The zero-order valence-electron chi connectivity index (χ0n) is 10.9. The van der Waals surface area contributed by atoms with E-state index in [2.05, 4.69) is 10.3 Å². The number of pyridine rings is 1. The predicted molar refractivity (Wildman–Crippen MR) is 77.9 cm³/mol. The molecule has 98 valence electrons. The lowest BCUT2D eigenvalue weighted by atomic mass is 10.1. The first-order valence-electron chi connectivity index (χ1n) is 6.11. The highest BCUT2D eigenvalue weighted by atomic mass is 35.5. The first-order chi connectivity index (χ1) is 9.08. The first-order valence-corrected chi connectivity index (χ1v) is 6.48. The van der Waals surface area contributed by atoms with E-state index in [-0.39, 0.29) is 11.8 Å². The quantitative estimate of drug-likeness (QED) is 0.681. The number of aromatic nitrogens is 1. The average molecular weight is 275 g/mol. The van der Waals surface area contributed by atoms with E-state index >= 15 is 0 Å². The van der Waals surface area contributed by atoms with E-state index in [0.29, 0.717) is 22.1 Å². The molecule has 1 aromatic heterocycles. The Balaban J connectivity index is 2.43. The van der Waals surface area contributed by atoms with Crippen LogP contribution in [0.15, 0.2) is 42.5 Å². The van der Waals surface area contributed by atoms with Gasteiger partial charge in [0, 0.05) is 11.6 Å². The normalized spacial score (nSPS) is 10.5. The summed E-state index contributed by atoms with van der Waals surface area (Å²) in [6.07, 6.45) is 0. The minimum absolute atomic E-state index is 0.133. The van der Waals surface area contributed by atoms with Crippen molar-refractivity contribution < 1.29 is 4.79 Å². The lowest BCUT2D eigenvalue weighted by molar-refractivity contribution is 0.103. The number of nitrogens with one attached hydrogen (secondary N) is 1. The number of nitrogens with zero attached hydrogens (tertiary/aromatic N) is 1. The summed E-state index contributed by atoms with van der Waals surface area (Å²) in [5.74, 6) is -0.133. The van der Waals surface area contributed by atoms with Gasteiger partial charge >= 0.3 is 0 Å². The Morgan fingerprint density at radius 2 is 1.84 bits per heavy atom. The van der Waals surface area contributed by atoms with Gasteiger partial charge in [0.15, 0.2) is 0 Å². The summed E-state index contributed by atoms with van der Waals surface area (Å²) in [6, 6.07) is 12.7. The van der Waals surface area contributed by atoms with E-state index in [1.165, 1.54) is 0 Å². The molecule has 4 heteroatoms. The fourth-order valence-electron chi connectivity index (χ4n) is 1.76.